The van der Waals surface area contributed by atoms with Gasteiger partial charge in [0.05, 0.1) is 11.7 Å². The highest BCUT2D eigenvalue weighted by Crippen LogP contribution is 2.33. The average Bonchev–Trinajstić information content (AvgIpc) is 3.36. The molecule has 0 bridgehead atoms. The lowest BCUT2D eigenvalue weighted by Gasteiger charge is -2.22. The molecule has 7 nitrogen and oxygen atoms in total. The zero-order chi connectivity index (χ0) is 17.1. The average molecular weight is 342 g/mol. The Balaban J connectivity index is 1.32. The number of rotatable bonds is 6. The Kier molecular flexibility index (Phi) is 5.07. The van der Waals surface area contributed by atoms with Crippen LogP contribution in [-0.4, -0.2) is 41.0 Å². The first kappa shape index (κ1) is 16.7. The van der Waals surface area contributed by atoms with Crippen molar-refractivity contribution in [2.75, 3.05) is 26.2 Å². The fourth-order valence-corrected chi connectivity index (χ4v) is 3.93. The number of hydrazine groups is 1. The normalized spacial score (nSPS) is 29.3. The van der Waals surface area contributed by atoms with Crippen molar-refractivity contribution in [2.24, 2.45) is 18.9 Å². The Labute approximate surface area is 148 Å². The van der Waals surface area contributed by atoms with Gasteiger partial charge in [0, 0.05) is 63.7 Å². The Morgan fingerprint density at radius 1 is 1.28 bits per heavy atom. The van der Waals surface area contributed by atoms with Gasteiger partial charge in [0.15, 0.2) is 0 Å². The minimum absolute atomic E-state index is 0.147. The molecule has 2 unspecified atom stereocenters. The Hall–Kier alpha value is -1.80. The molecule has 0 radical (unpaired) electrons. The van der Waals surface area contributed by atoms with Crippen molar-refractivity contribution in [3.8, 4) is 0 Å². The summed E-state index contributed by atoms with van der Waals surface area (Å²) < 4.78 is 7.89. The molecule has 2 saturated heterocycles. The van der Waals surface area contributed by atoms with Crippen LogP contribution in [0.5, 0.6) is 0 Å². The number of ether oxygens (including phenoxy) is 1. The zero-order valence-electron chi connectivity index (χ0n) is 14.6. The van der Waals surface area contributed by atoms with Gasteiger partial charge < -0.3 is 10.1 Å². The van der Waals surface area contributed by atoms with Gasteiger partial charge in [-0.05, 0) is 24.1 Å². The van der Waals surface area contributed by atoms with E-state index < -0.39 is 0 Å². The molecule has 0 spiro atoms. The molecule has 3 N–H and O–H groups in total. The number of pyridine rings is 1. The minimum Gasteiger partial charge on any atom is -0.372 e. The number of hydrogen-bond donors (Lipinski definition) is 3. The highest BCUT2D eigenvalue weighted by molar-refractivity contribution is 5.16. The van der Waals surface area contributed by atoms with Gasteiger partial charge in [-0.1, -0.05) is 6.07 Å². The molecular weight excluding hydrogens is 316 g/mol. The van der Waals surface area contributed by atoms with Crippen molar-refractivity contribution < 1.29 is 4.74 Å². The number of nitrogens with one attached hydrogen (secondary N) is 3. The van der Waals surface area contributed by atoms with Gasteiger partial charge in [0.25, 0.3) is 0 Å². The number of hydrogen-bond acceptors (Lipinski definition) is 6. The molecule has 134 valence electrons. The topological polar surface area (TPSA) is 76.0 Å². The number of nitrogens with zero attached hydrogens (tertiary/aromatic N) is 3. The molecule has 4 rings (SSSR count). The van der Waals surface area contributed by atoms with Crippen LogP contribution in [0.3, 0.4) is 0 Å². The van der Waals surface area contributed by atoms with Crippen LogP contribution in [0.2, 0.25) is 0 Å². The Morgan fingerprint density at radius 3 is 3.00 bits per heavy atom. The summed E-state index contributed by atoms with van der Waals surface area (Å²) in [6.07, 6.45) is 6.85. The van der Waals surface area contributed by atoms with Crippen LogP contribution >= 0.6 is 0 Å². The third-order valence-corrected chi connectivity index (χ3v) is 5.31. The van der Waals surface area contributed by atoms with Crippen LogP contribution in [0.4, 0.5) is 0 Å². The van der Waals surface area contributed by atoms with Crippen molar-refractivity contribution in [2.45, 2.75) is 18.6 Å². The lowest BCUT2D eigenvalue weighted by molar-refractivity contribution is 0.0836. The minimum atomic E-state index is 0.147. The van der Waals surface area contributed by atoms with E-state index in [-0.39, 0.29) is 6.10 Å². The van der Waals surface area contributed by atoms with Crippen LogP contribution in [0.25, 0.3) is 0 Å². The third-order valence-electron chi connectivity index (χ3n) is 5.31. The van der Waals surface area contributed by atoms with Gasteiger partial charge in [-0.2, -0.15) is 5.10 Å². The largest absolute Gasteiger partial charge is 0.372 e. The summed E-state index contributed by atoms with van der Waals surface area (Å²) in [4.78, 5) is 4.24. The first-order valence-corrected chi connectivity index (χ1v) is 9.01. The lowest BCUT2D eigenvalue weighted by Crippen LogP contribution is -2.33. The molecule has 25 heavy (non-hydrogen) atoms. The second kappa shape index (κ2) is 7.61. The number of aryl methyl sites for hydroxylation is 1. The highest BCUT2D eigenvalue weighted by Gasteiger charge is 2.32. The van der Waals surface area contributed by atoms with Gasteiger partial charge in [-0.15, -0.1) is 0 Å². The fourth-order valence-electron chi connectivity index (χ4n) is 3.93. The molecular formula is C18H26N6O. The molecule has 2 aromatic heterocycles. The SMILES string of the molecule is Cn1nccc1[C@@H]1OCC[C@H]1CNCC1CNNC1c1cccnc1. The quantitative estimate of drug-likeness (QED) is 0.726. The summed E-state index contributed by atoms with van der Waals surface area (Å²) in [5, 5.41) is 7.95. The van der Waals surface area contributed by atoms with Gasteiger partial charge >= 0.3 is 0 Å². The second-order valence-electron chi connectivity index (χ2n) is 6.93. The van der Waals surface area contributed by atoms with E-state index >= 15 is 0 Å². The molecule has 2 aliphatic rings. The molecule has 7 heteroatoms. The standard InChI is InChI=1S/C18H26N6O/c1-24-16(4-7-22-24)18-14(5-8-25-18)10-20-11-15-12-21-23-17(15)13-3-2-6-19-9-13/h2-4,6-7,9,14-15,17-18,20-21,23H,5,8,10-12H2,1H3/t14-,15?,17?,18+/m0/s1. The van der Waals surface area contributed by atoms with E-state index in [1.165, 1.54) is 11.3 Å². The highest BCUT2D eigenvalue weighted by atomic mass is 16.5. The van der Waals surface area contributed by atoms with Crippen molar-refractivity contribution in [1.29, 1.82) is 0 Å². The molecule has 0 aliphatic carbocycles. The maximum Gasteiger partial charge on any atom is 0.103 e. The smallest absolute Gasteiger partial charge is 0.103 e. The second-order valence-corrected chi connectivity index (χ2v) is 6.93. The van der Waals surface area contributed by atoms with Crippen LogP contribution < -0.4 is 16.2 Å². The maximum atomic E-state index is 5.97. The van der Waals surface area contributed by atoms with E-state index in [2.05, 4.69) is 38.4 Å². The van der Waals surface area contributed by atoms with Crippen molar-refractivity contribution >= 4 is 0 Å². The maximum absolute atomic E-state index is 5.97. The molecule has 2 aromatic rings. The Morgan fingerprint density at radius 2 is 2.20 bits per heavy atom. The molecule has 2 aliphatic heterocycles. The van der Waals surface area contributed by atoms with Gasteiger partial charge in [0.1, 0.15) is 6.10 Å². The first-order valence-electron chi connectivity index (χ1n) is 9.01. The van der Waals surface area contributed by atoms with Gasteiger partial charge in [0.2, 0.25) is 0 Å². The van der Waals surface area contributed by atoms with Gasteiger partial charge in [-0.25, -0.2) is 5.43 Å². The Bertz CT molecular complexity index is 675. The third kappa shape index (κ3) is 3.59. The van der Waals surface area contributed by atoms with Crippen LogP contribution in [0.15, 0.2) is 36.8 Å². The summed E-state index contributed by atoms with van der Waals surface area (Å²) in [5.74, 6) is 0.997. The zero-order valence-corrected chi connectivity index (χ0v) is 14.6. The van der Waals surface area contributed by atoms with E-state index in [4.69, 9.17) is 4.74 Å². The summed E-state index contributed by atoms with van der Waals surface area (Å²) >= 11 is 0. The lowest BCUT2D eigenvalue weighted by atomic mass is 9.95. The molecule has 2 fully saturated rings. The molecule has 0 aromatic carbocycles. The molecule has 0 saturated carbocycles. The van der Waals surface area contributed by atoms with E-state index in [0.717, 1.165) is 32.7 Å². The molecule has 4 atom stereocenters. The first-order chi connectivity index (χ1) is 12.3. The van der Waals surface area contributed by atoms with E-state index in [0.29, 0.717) is 17.9 Å². The monoisotopic (exact) mass is 342 g/mol. The van der Waals surface area contributed by atoms with E-state index in [9.17, 15) is 0 Å². The predicted octanol–water partition coefficient (Wildman–Crippen LogP) is 0.948. The predicted molar refractivity (Wildman–Crippen MR) is 94.5 cm³/mol. The van der Waals surface area contributed by atoms with Crippen LogP contribution in [0.1, 0.15) is 29.8 Å². The van der Waals surface area contributed by atoms with Crippen molar-refractivity contribution in [3.63, 3.8) is 0 Å². The van der Waals surface area contributed by atoms with Gasteiger partial charge in [-0.3, -0.25) is 15.1 Å². The van der Waals surface area contributed by atoms with Crippen molar-refractivity contribution in [1.82, 2.24) is 30.9 Å². The van der Waals surface area contributed by atoms with E-state index in [1.54, 1.807) is 0 Å². The summed E-state index contributed by atoms with van der Waals surface area (Å²) in [7, 11) is 1.98. The molecule has 0 amide bonds. The van der Waals surface area contributed by atoms with Crippen LogP contribution in [0, 0.1) is 11.8 Å². The van der Waals surface area contributed by atoms with E-state index in [1.807, 2.05) is 36.4 Å². The summed E-state index contributed by atoms with van der Waals surface area (Å²) in [5.41, 5.74) is 9.06. The summed E-state index contributed by atoms with van der Waals surface area (Å²) in [6.45, 7) is 3.71. The van der Waals surface area contributed by atoms with Crippen LogP contribution in [-0.2, 0) is 11.8 Å². The number of aromatic nitrogens is 3. The summed E-state index contributed by atoms with van der Waals surface area (Å²) in [6, 6.07) is 6.49. The van der Waals surface area contributed by atoms with Crippen molar-refractivity contribution in [3.05, 3.63) is 48.0 Å². The molecule has 4 heterocycles. The fraction of sp³-hybridized carbons (Fsp3) is 0.556.